The number of rotatable bonds is 4. The Bertz CT molecular complexity index is 786. The Balaban J connectivity index is 2.24. The Labute approximate surface area is 131 Å². The fraction of sp³-hybridized carbons (Fsp3) is 0.200. The van der Waals surface area contributed by atoms with Crippen LogP contribution < -0.4 is 0 Å². The van der Waals surface area contributed by atoms with Gasteiger partial charge in [0, 0.05) is 13.6 Å². The van der Waals surface area contributed by atoms with Crippen LogP contribution in [0.4, 0.5) is 17.6 Å². The zero-order valence-corrected chi connectivity index (χ0v) is 12.8. The van der Waals surface area contributed by atoms with Gasteiger partial charge in [-0.25, -0.2) is 12.8 Å². The van der Waals surface area contributed by atoms with Crippen LogP contribution in [0.5, 0.6) is 0 Å². The summed E-state index contributed by atoms with van der Waals surface area (Å²) < 4.78 is 76.4. The zero-order chi connectivity index (χ0) is 17.3. The molecule has 3 nitrogen and oxygen atoms in total. The maximum absolute atomic E-state index is 12.9. The third kappa shape index (κ3) is 4.08. The Morgan fingerprint density at radius 3 is 2.22 bits per heavy atom. The number of halogens is 4. The van der Waals surface area contributed by atoms with Gasteiger partial charge >= 0.3 is 6.18 Å². The molecule has 0 aliphatic rings. The van der Waals surface area contributed by atoms with Gasteiger partial charge in [-0.15, -0.1) is 0 Å². The highest BCUT2D eigenvalue weighted by Gasteiger charge is 2.30. The van der Waals surface area contributed by atoms with E-state index in [1.54, 1.807) is 0 Å². The average molecular weight is 347 g/mol. The van der Waals surface area contributed by atoms with E-state index in [0.717, 1.165) is 40.7 Å². The molecular weight excluding hydrogens is 334 g/mol. The normalized spacial score (nSPS) is 12.6. The molecule has 0 fully saturated rings. The quantitative estimate of drug-likeness (QED) is 0.792. The molecule has 0 N–H and O–H groups in total. The Hall–Kier alpha value is -1.93. The van der Waals surface area contributed by atoms with Crippen LogP contribution in [0.1, 0.15) is 11.1 Å². The Morgan fingerprint density at radius 1 is 1.04 bits per heavy atom. The van der Waals surface area contributed by atoms with Gasteiger partial charge in [-0.3, -0.25) is 0 Å². The third-order valence-corrected chi connectivity index (χ3v) is 5.00. The van der Waals surface area contributed by atoms with Gasteiger partial charge in [0.05, 0.1) is 10.5 Å². The van der Waals surface area contributed by atoms with Crippen molar-refractivity contribution in [3.63, 3.8) is 0 Å². The van der Waals surface area contributed by atoms with Crippen LogP contribution in [-0.4, -0.2) is 19.8 Å². The lowest BCUT2D eigenvalue weighted by molar-refractivity contribution is -0.137. The van der Waals surface area contributed by atoms with Crippen molar-refractivity contribution < 1.29 is 26.0 Å². The molecule has 0 aliphatic heterocycles. The SMILES string of the molecule is CN(Cc1cccc(C(F)(F)F)c1)S(=O)(=O)c1ccc(F)cc1. The first-order chi connectivity index (χ1) is 10.6. The van der Waals surface area contributed by atoms with Crippen LogP contribution >= 0.6 is 0 Å². The highest BCUT2D eigenvalue weighted by atomic mass is 32.2. The Kier molecular flexibility index (Phi) is 4.76. The first-order valence-corrected chi connectivity index (χ1v) is 7.93. The number of hydrogen-bond donors (Lipinski definition) is 0. The smallest absolute Gasteiger partial charge is 0.207 e. The first kappa shape index (κ1) is 17.4. The topological polar surface area (TPSA) is 37.4 Å². The summed E-state index contributed by atoms with van der Waals surface area (Å²) in [7, 11) is -2.67. The molecule has 0 atom stereocenters. The van der Waals surface area contributed by atoms with E-state index < -0.39 is 27.6 Å². The highest BCUT2D eigenvalue weighted by molar-refractivity contribution is 7.89. The van der Waals surface area contributed by atoms with E-state index in [-0.39, 0.29) is 17.0 Å². The molecule has 0 aliphatic carbocycles. The van der Waals surface area contributed by atoms with Gasteiger partial charge in [-0.2, -0.15) is 17.5 Å². The van der Waals surface area contributed by atoms with Crippen molar-refractivity contribution in [2.24, 2.45) is 0 Å². The summed E-state index contributed by atoms with van der Waals surface area (Å²) >= 11 is 0. The predicted octanol–water partition coefficient (Wildman–Crippen LogP) is 3.67. The summed E-state index contributed by atoms with van der Waals surface area (Å²) in [6.45, 7) is -0.233. The van der Waals surface area contributed by atoms with Gasteiger partial charge in [0.2, 0.25) is 10.0 Å². The van der Waals surface area contributed by atoms with E-state index in [1.807, 2.05) is 0 Å². The minimum Gasteiger partial charge on any atom is -0.207 e. The molecule has 0 saturated heterocycles. The minimum atomic E-state index is -4.50. The van der Waals surface area contributed by atoms with Crippen molar-refractivity contribution >= 4 is 10.0 Å². The van der Waals surface area contributed by atoms with Gasteiger partial charge < -0.3 is 0 Å². The monoisotopic (exact) mass is 347 g/mol. The molecule has 2 aromatic rings. The molecular formula is C15H13F4NO2S. The van der Waals surface area contributed by atoms with Crippen LogP contribution in [0, 0.1) is 5.82 Å². The molecule has 0 radical (unpaired) electrons. The Morgan fingerprint density at radius 2 is 1.65 bits per heavy atom. The van der Waals surface area contributed by atoms with Crippen molar-refractivity contribution in [2.75, 3.05) is 7.05 Å². The van der Waals surface area contributed by atoms with E-state index in [4.69, 9.17) is 0 Å². The summed E-state index contributed by atoms with van der Waals surface area (Å²) in [5.41, 5.74) is -0.643. The van der Waals surface area contributed by atoms with Crippen LogP contribution in [0.15, 0.2) is 53.4 Å². The fourth-order valence-corrected chi connectivity index (χ4v) is 3.13. The summed E-state index contributed by atoms with van der Waals surface area (Å²) in [5.74, 6) is -0.579. The summed E-state index contributed by atoms with van der Waals surface area (Å²) in [5, 5.41) is 0. The lowest BCUT2D eigenvalue weighted by Gasteiger charge is -2.18. The molecule has 0 spiro atoms. The van der Waals surface area contributed by atoms with Crippen LogP contribution in [-0.2, 0) is 22.7 Å². The van der Waals surface area contributed by atoms with E-state index in [0.29, 0.717) is 0 Å². The summed E-state index contributed by atoms with van der Waals surface area (Å²) in [6.07, 6.45) is -4.50. The van der Waals surface area contributed by atoms with Crippen LogP contribution in [0.2, 0.25) is 0 Å². The molecule has 2 aromatic carbocycles. The molecule has 0 saturated carbocycles. The summed E-state index contributed by atoms with van der Waals surface area (Å²) in [4.78, 5) is -0.131. The molecule has 0 aromatic heterocycles. The minimum absolute atomic E-state index is 0.131. The van der Waals surface area contributed by atoms with Crippen molar-refractivity contribution in [3.8, 4) is 0 Å². The van der Waals surface area contributed by atoms with E-state index in [1.165, 1.54) is 19.2 Å². The number of alkyl halides is 3. The first-order valence-electron chi connectivity index (χ1n) is 6.49. The maximum atomic E-state index is 12.9. The van der Waals surface area contributed by atoms with E-state index in [2.05, 4.69) is 0 Å². The van der Waals surface area contributed by atoms with E-state index in [9.17, 15) is 26.0 Å². The van der Waals surface area contributed by atoms with Gasteiger partial charge in [0.1, 0.15) is 5.82 Å². The number of benzene rings is 2. The predicted molar refractivity (Wildman–Crippen MR) is 76.5 cm³/mol. The molecule has 0 bridgehead atoms. The number of nitrogens with zero attached hydrogens (tertiary/aromatic N) is 1. The van der Waals surface area contributed by atoms with Crippen LogP contribution in [0.25, 0.3) is 0 Å². The summed E-state index contributed by atoms with van der Waals surface area (Å²) in [6, 6.07) is 8.66. The lowest BCUT2D eigenvalue weighted by Crippen LogP contribution is -2.26. The number of sulfonamides is 1. The average Bonchev–Trinajstić information content (AvgIpc) is 2.47. The molecule has 8 heteroatoms. The lowest BCUT2D eigenvalue weighted by atomic mass is 10.1. The largest absolute Gasteiger partial charge is 0.416 e. The molecule has 124 valence electrons. The van der Waals surface area contributed by atoms with Gasteiger partial charge in [0.25, 0.3) is 0 Å². The highest BCUT2D eigenvalue weighted by Crippen LogP contribution is 2.30. The third-order valence-electron chi connectivity index (χ3n) is 3.18. The van der Waals surface area contributed by atoms with Crippen molar-refractivity contribution in [2.45, 2.75) is 17.6 Å². The van der Waals surface area contributed by atoms with Gasteiger partial charge in [-0.05, 0) is 35.9 Å². The second-order valence-corrected chi connectivity index (χ2v) is 6.96. The second kappa shape index (κ2) is 6.29. The number of hydrogen-bond acceptors (Lipinski definition) is 2. The van der Waals surface area contributed by atoms with Gasteiger partial charge in [-0.1, -0.05) is 18.2 Å². The standard InChI is InChI=1S/C15H13F4NO2S/c1-20(23(21,22)14-7-5-13(16)6-8-14)10-11-3-2-4-12(9-11)15(17,18)19/h2-9H,10H2,1H3. The zero-order valence-electron chi connectivity index (χ0n) is 12.0. The van der Waals surface area contributed by atoms with Crippen molar-refractivity contribution in [1.29, 1.82) is 0 Å². The maximum Gasteiger partial charge on any atom is 0.416 e. The molecule has 2 rings (SSSR count). The molecule has 0 amide bonds. The fourth-order valence-electron chi connectivity index (χ4n) is 1.97. The van der Waals surface area contributed by atoms with Crippen molar-refractivity contribution in [1.82, 2.24) is 4.31 Å². The second-order valence-electron chi connectivity index (χ2n) is 4.91. The van der Waals surface area contributed by atoms with Crippen LogP contribution in [0.3, 0.4) is 0 Å². The van der Waals surface area contributed by atoms with E-state index >= 15 is 0 Å². The molecule has 23 heavy (non-hydrogen) atoms. The van der Waals surface area contributed by atoms with Gasteiger partial charge in [0.15, 0.2) is 0 Å². The van der Waals surface area contributed by atoms with Crippen molar-refractivity contribution in [3.05, 3.63) is 65.5 Å². The molecule has 0 unspecified atom stereocenters. The molecule has 0 heterocycles.